The van der Waals surface area contributed by atoms with Crippen LogP contribution in [0.25, 0.3) is 0 Å². The van der Waals surface area contributed by atoms with E-state index in [0.29, 0.717) is 17.1 Å². The van der Waals surface area contributed by atoms with Crippen LogP contribution >= 0.6 is 21.6 Å². The Hall–Kier alpha value is -0.650. The summed E-state index contributed by atoms with van der Waals surface area (Å²) < 4.78 is 5.27. The molecule has 3 nitrogen and oxygen atoms in total. The van der Waals surface area contributed by atoms with Crippen LogP contribution in [0.1, 0.15) is 10.4 Å². The van der Waals surface area contributed by atoms with E-state index in [-0.39, 0.29) is 12.1 Å². The standard InChI is InChI=1S/C11H12O3S2/c12-9-6-15-16-7-10(9)14-11(13)8-4-2-1-3-5-8/h1-5,9-10,12H,6-7H2/t9-,10-/m1/s1. The van der Waals surface area contributed by atoms with E-state index in [2.05, 4.69) is 0 Å². The van der Waals surface area contributed by atoms with E-state index in [1.54, 1.807) is 45.9 Å². The van der Waals surface area contributed by atoms with E-state index in [1.807, 2.05) is 6.07 Å². The van der Waals surface area contributed by atoms with Crippen LogP contribution in [0, 0.1) is 0 Å². The first kappa shape index (κ1) is 11.8. The van der Waals surface area contributed by atoms with Gasteiger partial charge >= 0.3 is 5.97 Å². The fourth-order valence-corrected chi connectivity index (χ4v) is 3.71. The summed E-state index contributed by atoms with van der Waals surface area (Å²) in [5.74, 6) is 0.888. The minimum absolute atomic E-state index is 0.364. The number of aliphatic hydroxyl groups excluding tert-OH is 1. The van der Waals surface area contributed by atoms with Crippen LogP contribution in [0.5, 0.6) is 0 Å². The molecule has 1 aromatic carbocycles. The maximum atomic E-state index is 11.7. The summed E-state index contributed by atoms with van der Waals surface area (Å²) in [5.41, 5.74) is 0.526. The van der Waals surface area contributed by atoms with Crippen molar-refractivity contribution in [3.63, 3.8) is 0 Å². The lowest BCUT2D eigenvalue weighted by atomic mass is 10.2. The zero-order valence-corrected chi connectivity index (χ0v) is 10.2. The predicted octanol–water partition coefficient (Wildman–Crippen LogP) is 1.97. The fourth-order valence-electron chi connectivity index (χ4n) is 1.34. The molecule has 5 heteroatoms. The second-order valence-corrected chi connectivity index (χ2v) is 6.00. The van der Waals surface area contributed by atoms with E-state index in [9.17, 15) is 9.90 Å². The summed E-state index contributed by atoms with van der Waals surface area (Å²) in [5, 5.41) is 9.65. The minimum Gasteiger partial charge on any atom is -0.455 e. The lowest BCUT2D eigenvalue weighted by molar-refractivity contribution is -0.00177. The van der Waals surface area contributed by atoms with Crippen molar-refractivity contribution in [1.29, 1.82) is 0 Å². The molecule has 2 atom stereocenters. The molecule has 1 aromatic rings. The lowest BCUT2D eigenvalue weighted by Crippen LogP contribution is -2.37. The van der Waals surface area contributed by atoms with Gasteiger partial charge in [0.1, 0.15) is 12.2 Å². The maximum absolute atomic E-state index is 11.7. The molecule has 0 unspecified atom stereocenters. The number of rotatable bonds is 2. The van der Waals surface area contributed by atoms with Crippen LogP contribution in [-0.2, 0) is 4.74 Å². The number of carbonyl (C=O) groups excluding carboxylic acids is 1. The van der Waals surface area contributed by atoms with Crippen molar-refractivity contribution in [3.8, 4) is 0 Å². The summed E-state index contributed by atoms with van der Waals surface area (Å²) in [6.45, 7) is 0. The third-order valence-corrected chi connectivity index (χ3v) is 4.68. The Balaban J connectivity index is 1.96. The summed E-state index contributed by atoms with van der Waals surface area (Å²) in [6, 6.07) is 8.84. The Bertz CT molecular complexity index is 356. The van der Waals surface area contributed by atoms with Gasteiger partial charge in [0.2, 0.25) is 0 Å². The number of hydrogen-bond donors (Lipinski definition) is 1. The smallest absolute Gasteiger partial charge is 0.338 e. The van der Waals surface area contributed by atoms with Gasteiger partial charge in [-0.15, -0.1) is 0 Å². The number of carbonyl (C=O) groups is 1. The first-order valence-corrected chi connectivity index (χ1v) is 7.44. The van der Waals surface area contributed by atoms with Gasteiger partial charge in [-0.3, -0.25) is 0 Å². The Morgan fingerprint density at radius 1 is 1.25 bits per heavy atom. The van der Waals surface area contributed by atoms with E-state index in [0.717, 1.165) is 0 Å². The van der Waals surface area contributed by atoms with Crippen molar-refractivity contribution in [2.45, 2.75) is 12.2 Å². The van der Waals surface area contributed by atoms with E-state index < -0.39 is 6.10 Å². The van der Waals surface area contributed by atoms with Gasteiger partial charge < -0.3 is 9.84 Å². The third kappa shape index (κ3) is 2.93. The van der Waals surface area contributed by atoms with E-state index in [4.69, 9.17) is 4.74 Å². The van der Waals surface area contributed by atoms with Gasteiger partial charge in [0.15, 0.2) is 0 Å². The number of ether oxygens (including phenoxy) is 1. The normalized spacial score (nSPS) is 25.1. The molecule has 1 N–H and O–H groups in total. The molecule has 1 saturated heterocycles. The highest BCUT2D eigenvalue weighted by molar-refractivity contribution is 8.76. The molecule has 0 spiro atoms. The van der Waals surface area contributed by atoms with Crippen LogP contribution in [0.4, 0.5) is 0 Å². The highest BCUT2D eigenvalue weighted by Crippen LogP contribution is 2.31. The Morgan fingerprint density at radius 3 is 2.62 bits per heavy atom. The van der Waals surface area contributed by atoms with Gasteiger partial charge in [0, 0.05) is 11.5 Å². The van der Waals surface area contributed by atoms with Crippen LogP contribution in [0.15, 0.2) is 30.3 Å². The molecule has 0 amide bonds. The highest BCUT2D eigenvalue weighted by Gasteiger charge is 2.27. The maximum Gasteiger partial charge on any atom is 0.338 e. The lowest BCUT2D eigenvalue weighted by Gasteiger charge is -2.26. The van der Waals surface area contributed by atoms with Crippen LogP contribution in [0.3, 0.4) is 0 Å². The molecule has 0 bridgehead atoms. The number of esters is 1. The average Bonchev–Trinajstić information content (AvgIpc) is 2.33. The minimum atomic E-state index is -0.557. The average molecular weight is 256 g/mol. The van der Waals surface area contributed by atoms with Crippen molar-refractivity contribution in [2.75, 3.05) is 11.5 Å². The number of aliphatic hydroxyl groups is 1. The van der Waals surface area contributed by atoms with Gasteiger partial charge in [0.25, 0.3) is 0 Å². The summed E-state index contributed by atoms with van der Waals surface area (Å²) >= 11 is 0. The van der Waals surface area contributed by atoms with Crippen LogP contribution < -0.4 is 0 Å². The van der Waals surface area contributed by atoms with Gasteiger partial charge in [-0.05, 0) is 12.1 Å². The highest BCUT2D eigenvalue weighted by atomic mass is 33.1. The summed E-state index contributed by atoms with van der Waals surface area (Å²) in [7, 11) is 3.23. The first-order valence-electron chi connectivity index (χ1n) is 4.96. The molecule has 1 heterocycles. The van der Waals surface area contributed by atoms with Crippen molar-refractivity contribution in [2.24, 2.45) is 0 Å². The Kier molecular flexibility index (Phi) is 4.15. The second kappa shape index (κ2) is 5.61. The predicted molar refractivity (Wildman–Crippen MR) is 66.6 cm³/mol. The van der Waals surface area contributed by atoms with Crippen molar-refractivity contribution < 1.29 is 14.6 Å². The van der Waals surface area contributed by atoms with Gasteiger partial charge in [-0.2, -0.15) is 0 Å². The quantitative estimate of drug-likeness (QED) is 0.647. The molecular formula is C11H12O3S2. The second-order valence-electron chi connectivity index (χ2n) is 3.45. The molecule has 0 aromatic heterocycles. The Labute approximate surface area is 102 Å². The monoisotopic (exact) mass is 256 g/mol. The summed E-state index contributed by atoms with van der Waals surface area (Å²) in [6.07, 6.45) is -0.946. The van der Waals surface area contributed by atoms with Crippen molar-refractivity contribution >= 4 is 27.6 Å². The molecule has 0 radical (unpaired) electrons. The zero-order chi connectivity index (χ0) is 11.4. The molecule has 1 aliphatic heterocycles. The van der Waals surface area contributed by atoms with Crippen LogP contribution in [0.2, 0.25) is 0 Å². The van der Waals surface area contributed by atoms with Gasteiger partial charge in [0.05, 0.1) is 5.56 Å². The van der Waals surface area contributed by atoms with Gasteiger partial charge in [-0.1, -0.05) is 39.8 Å². The van der Waals surface area contributed by atoms with Gasteiger partial charge in [-0.25, -0.2) is 4.79 Å². The topological polar surface area (TPSA) is 46.5 Å². The molecule has 16 heavy (non-hydrogen) atoms. The molecule has 1 aliphatic rings. The van der Waals surface area contributed by atoms with E-state index >= 15 is 0 Å². The molecule has 1 fully saturated rings. The number of benzene rings is 1. The molecule has 0 aliphatic carbocycles. The molecule has 2 rings (SSSR count). The largest absolute Gasteiger partial charge is 0.455 e. The van der Waals surface area contributed by atoms with E-state index in [1.165, 1.54) is 0 Å². The number of hydrogen-bond acceptors (Lipinski definition) is 5. The third-order valence-electron chi connectivity index (χ3n) is 2.25. The Morgan fingerprint density at radius 2 is 1.94 bits per heavy atom. The molecular weight excluding hydrogens is 244 g/mol. The SMILES string of the molecule is O=C(O[C@@H]1CSSC[C@H]1O)c1ccccc1. The van der Waals surface area contributed by atoms with Crippen LogP contribution in [-0.4, -0.2) is 34.8 Å². The summed E-state index contributed by atoms with van der Waals surface area (Å²) in [4.78, 5) is 11.7. The molecule has 86 valence electrons. The van der Waals surface area contributed by atoms with Crippen molar-refractivity contribution in [1.82, 2.24) is 0 Å². The fraction of sp³-hybridized carbons (Fsp3) is 0.364. The molecule has 0 saturated carbocycles. The van der Waals surface area contributed by atoms with Crippen molar-refractivity contribution in [3.05, 3.63) is 35.9 Å². The first-order chi connectivity index (χ1) is 7.77. The zero-order valence-electron chi connectivity index (χ0n) is 8.54.